The molecule has 1 N–H and O–H groups in total. The smallest absolute Gasteiger partial charge is 0.158 e. The molecule has 2 aromatic heterocycles. The van der Waals surface area contributed by atoms with Gasteiger partial charge in [-0.2, -0.15) is 4.52 Å². The number of aromatic nitrogens is 3. The van der Waals surface area contributed by atoms with Crippen LogP contribution >= 0.6 is 0 Å². The molecule has 0 spiro atoms. The van der Waals surface area contributed by atoms with Gasteiger partial charge in [0.05, 0.1) is 0 Å². The third-order valence-corrected chi connectivity index (χ3v) is 4.65. The zero-order chi connectivity index (χ0) is 14.2. The van der Waals surface area contributed by atoms with E-state index in [2.05, 4.69) is 34.1 Å². The number of pyridine rings is 1. The Morgan fingerprint density at radius 3 is 2.81 bits per heavy atom. The molecule has 0 amide bonds. The summed E-state index contributed by atoms with van der Waals surface area (Å²) in [4.78, 5) is 4.65. The highest BCUT2D eigenvalue weighted by molar-refractivity contribution is 5.49. The molecule has 4 nitrogen and oxygen atoms in total. The van der Waals surface area contributed by atoms with Crippen LogP contribution in [0.3, 0.4) is 0 Å². The van der Waals surface area contributed by atoms with E-state index in [1.54, 1.807) is 0 Å². The first-order chi connectivity index (χ1) is 10.3. The van der Waals surface area contributed by atoms with Crippen molar-refractivity contribution in [2.75, 3.05) is 5.32 Å². The predicted molar refractivity (Wildman–Crippen MR) is 84.4 cm³/mol. The van der Waals surface area contributed by atoms with Crippen LogP contribution in [0.4, 0.5) is 5.82 Å². The Morgan fingerprint density at radius 1 is 1.24 bits per heavy atom. The lowest BCUT2D eigenvalue weighted by Crippen LogP contribution is -2.17. The Hall–Kier alpha value is -1.84. The SMILES string of the molecule is C=C(Cc1nc2cccc(NC3CCCC3)n2n1)C1CC1. The Morgan fingerprint density at radius 2 is 2.05 bits per heavy atom. The lowest BCUT2D eigenvalue weighted by molar-refractivity contribution is 0.739. The van der Waals surface area contributed by atoms with E-state index in [1.807, 2.05) is 10.6 Å². The van der Waals surface area contributed by atoms with E-state index in [-0.39, 0.29) is 0 Å². The topological polar surface area (TPSA) is 42.2 Å². The standard InChI is InChI=1S/C17H22N4/c1-12(13-9-10-13)11-15-19-17-8-4-7-16(21(17)20-15)18-14-5-2-3-6-14/h4,7-8,13-14,18H,1-3,5-6,9-11H2. The molecule has 2 heterocycles. The molecule has 2 saturated carbocycles. The zero-order valence-electron chi connectivity index (χ0n) is 12.4. The maximum absolute atomic E-state index is 4.69. The Balaban J connectivity index is 1.58. The van der Waals surface area contributed by atoms with Crippen LogP contribution in [0.15, 0.2) is 30.4 Å². The second-order valence-corrected chi connectivity index (χ2v) is 6.44. The zero-order valence-corrected chi connectivity index (χ0v) is 12.4. The first-order valence-electron chi connectivity index (χ1n) is 8.08. The summed E-state index contributed by atoms with van der Waals surface area (Å²) in [5.41, 5.74) is 2.22. The number of anilines is 1. The minimum atomic E-state index is 0.588. The molecule has 4 heteroatoms. The van der Waals surface area contributed by atoms with E-state index < -0.39 is 0 Å². The van der Waals surface area contributed by atoms with Gasteiger partial charge in [-0.05, 0) is 43.7 Å². The van der Waals surface area contributed by atoms with Gasteiger partial charge >= 0.3 is 0 Å². The fraction of sp³-hybridized carbons (Fsp3) is 0.529. The van der Waals surface area contributed by atoms with Crippen molar-refractivity contribution in [3.63, 3.8) is 0 Å². The van der Waals surface area contributed by atoms with Gasteiger partial charge in [0, 0.05) is 12.5 Å². The van der Waals surface area contributed by atoms with Crippen molar-refractivity contribution in [2.45, 2.75) is 51.0 Å². The summed E-state index contributed by atoms with van der Waals surface area (Å²) >= 11 is 0. The van der Waals surface area contributed by atoms with E-state index in [9.17, 15) is 0 Å². The predicted octanol–water partition coefficient (Wildman–Crippen LogP) is 3.59. The van der Waals surface area contributed by atoms with E-state index in [4.69, 9.17) is 0 Å². The number of allylic oxidation sites excluding steroid dienone is 1. The molecule has 21 heavy (non-hydrogen) atoms. The maximum Gasteiger partial charge on any atom is 0.158 e. The second kappa shape index (κ2) is 5.17. The largest absolute Gasteiger partial charge is 0.367 e. The fourth-order valence-electron chi connectivity index (χ4n) is 3.25. The van der Waals surface area contributed by atoms with Gasteiger partial charge in [-0.25, -0.2) is 4.98 Å². The molecule has 2 aliphatic rings. The maximum atomic E-state index is 4.69. The molecule has 0 radical (unpaired) electrons. The highest BCUT2D eigenvalue weighted by Crippen LogP contribution is 2.36. The van der Waals surface area contributed by atoms with Crippen LogP contribution in [0, 0.1) is 5.92 Å². The second-order valence-electron chi connectivity index (χ2n) is 6.44. The number of nitrogens with zero attached hydrogens (tertiary/aromatic N) is 3. The van der Waals surface area contributed by atoms with Crippen molar-refractivity contribution in [1.29, 1.82) is 0 Å². The number of nitrogens with one attached hydrogen (secondary N) is 1. The molecule has 0 aromatic carbocycles. The Bertz CT molecular complexity index is 662. The normalized spacial score (nSPS) is 19.2. The molecule has 0 atom stereocenters. The minimum Gasteiger partial charge on any atom is -0.367 e. The van der Waals surface area contributed by atoms with Gasteiger partial charge < -0.3 is 5.32 Å². The molecular formula is C17H22N4. The van der Waals surface area contributed by atoms with Crippen LogP contribution in [-0.4, -0.2) is 20.6 Å². The summed E-state index contributed by atoms with van der Waals surface area (Å²) in [5.74, 6) is 2.68. The van der Waals surface area contributed by atoms with Crippen LogP contribution in [-0.2, 0) is 6.42 Å². The summed E-state index contributed by atoms with van der Waals surface area (Å²) in [6, 6.07) is 6.76. The summed E-state index contributed by atoms with van der Waals surface area (Å²) in [7, 11) is 0. The molecule has 0 bridgehead atoms. The van der Waals surface area contributed by atoms with Crippen molar-refractivity contribution < 1.29 is 0 Å². The molecular weight excluding hydrogens is 260 g/mol. The molecule has 4 rings (SSSR count). The summed E-state index contributed by atoms with van der Waals surface area (Å²) in [5, 5.41) is 8.31. The third kappa shape index (κ3) is 2.67. The third-order valence-electron chi connectivity index (χ3n) is 4.65. The molecule has 2 fully saturated rings. The van der Waals surface area contributed by atoms with Gasteiger partial charge in [-0.1, -0.05) is 31.1 Å². The lowest BCUT2D eigenvalue weighted by Gasteiger charge is -2.13. The average molecular weight is 282 g/mol. The Labute approximate surface area is 125 Å². The molecule has 0 unspecified atom stereocenters. The van der Waals surface area contributed by atoms with E-state index in [0.29, 0.717) is 12.0 Å². The first kappa shape index (κ1) is 12.9. The highest BCUT2D eigenvalue weighted by atomic mass is 15.3. The molecule has 110 valence electrons. The van der Waals surface area contributed by atoms with Crippen molar-refractivity contribution >= 4 is 11.5 Å². The first-order valence-corrected chi connectivity index (χ1v) is 8.08. The van der Waals surface area contributed by atoms with Gasteiger partial charge in [-0.3, -0.25) is 0 Å². The highest BCUT2D eigenvalue weighted by Gasteiger charge is 2.25. The van der Waals surface area contributed by atoms with E-state index in [1.165, 1.54) is 44.1 Å². The van der Waals surface area contributed by atoms with Gasteiger partial charge in [0.15, 0.2) is 11.5 Å². The van der Waals surface area contributed by atoms with Crippen molar-refractivity contribution in [2.24, 2.45) is 5.92 Å². The van der Waals surface area contributed by atoms with Crippen LogP contribution in [0.25, 0.3) is 5.65 Å². The van der Waals surface area contributed by atoms with E-state index in [0.717, 1.165) is 23.7 Å². The number of fused-ring (bicyclic) bond motifs is 1. The van der Waals surface area contributed by atoms with Crippen molar-refractivity contribution in [3.8, 4) is 0 Å². The van der Waals surface area contributed by atoms with Crippen LogP contribution in [0.2, 0.25) is 0 Å². The van der Waals surface area contributed by atoms with Gasteiger partial charge in [-0.15, -0.1) is 5.10 Å². The van der Waals surface area contributed by atoms with Gasteiger partial charge in [0.1, 0.15) is 5.82 Å². The number of hydrogen-bond acceptors (Lipinski definition) is 3. The molecule has 0 saturated heterocycles. The molecule has 2 aliphatic carbocycles. The Kier molecular flexibility index (Phi) is 3.17. The van der Waals surface area contributed by atoms with Gasteiger partial charge in [0.2, 0.25) is 0 Å². The van der Waals surface area contributed by atoms with Gasteiger partial charge in [0.25, 0.3) is 0 Å². The number of hydrogen-bond donors (Lipinski definition) is 1. The minimum absolute atomic E-state index is 0.588. The monoisotopic (exact) mass is 282 g/mol. The van der Waals surface area contributed by atoms with Crippen LogP contribution in [0.1, 0.15) is 44.3 Å². The summed E-state index contributed by atoms with van der Waals surface area (Å²) in [6.45, 7) is 4.18. The lowest BCUT2D eigenvalue weighted by atomic mass is 10.1. The number of rotatable bonds is 5. The fourth-order valence-corrected chi connectivity index (χ4v) is 3.25. The average Bonchev–Trinajstić information content (AvgIpc) is 3.05. The molecule has 0 aliphatic heterocycles. The quantitative estimate of drug-likeness (QED) is 0.852. The van der Waals surface area contributed by atoms with Crippen LogP contribution in [0.5, 0.6) is 0 Å². The van der Waals surface area contributed by atoms with Crippen molar-refractivity contribution in [1.82, 2.24) is 14.6 Å². The van der Waals surface area contributed by atoms with Crippen molar-refractivity contribution in [3.05, 3.63) is 36.2 Å². The summed E-state index contributed by atoms with van der Waals surface area (Å²) < 4.78 is 1.95. The van der Waals surface area contributed by atoms with Crippen LogP contribution < -0.4 is 5.32 Å². The van der Waals surface area contributed by atoms with E-state index >= 15 is 0 Å². The summed E-state index contributed by atoms with van der Waals surface area (Å²) in [6.07, 6.45) is 8.58. The molecule has 2 aromatic rings.